The first-order valence-electron chi connectivity index (χ1n) is 3.60. The second-order valence-corrected chi connectivity index (χ2v) is 4.65. The fraction of sp³-hybridized carbons (Fsp3) is 0.286. The van der Waals surface area contributed by atoms with Gasteiger partial charge in [0.2, 0.25) is 0 Å². The second-order valence-electron chi connectivity index (χ2n) is 2.75. The molecule has 0 fully saturated rings. The number of aliphatic carboxylic acids is 1. The van der Waals surface area contributed by atoms with E-state index >= 15 is 0 Å². The van der Waals surface area contributed by atoms with Crippen LogP contribution in [-0.2, 0) is 4.79 Å². The summed E-state index contributed by atoms with van der Waals surface area (Å²) in [4.78, 5) is 18.5. The van der Waals surface area contributed by atoms with Crippen molar-refractivity contribution in [3.8, 4) is 0 Å². The summed E-state index contributed by atoms with van der Waals surface area (Å²) in [5.74, 6) is -1.34. The maximum absolute atomic E-state index is 10.7. The number of alkyl halides is 2. The van der Waals surface area contributed by atoms with Gasteiger partial charge in [0.05, 0.1) is 20.4 Å². The Morgan fingerprint density at radius 3 is 2.67 bits per heavy atom. The van der Waals surface area contributed by atoms with Crippen LogP contribution in [0.15, 0.2) is 22.2 Å². The first kappa shape index (κ1) is 12.5. The van der Waals surface area contributed by atoms with Gasteiger partial charge in [0.1, 0.15) is 0 Å². The van der Waals surface area contributed by atoms with E-state index in [2.05, 4.69) is 15.9 Å². The molecule has 0 radical (unpaired) electrons. The van der Waals surface area contributed by atoms with Crippen molar-refractivity contribution in [3.63, 3.8) is 0 Å². The van der Waals surface area contributed by atoms with E-state index in [4.69, 9.17) is 28.3 Å². The molecule has 0 aromatic rings. The lowest BCUT2D eigenvalue weighted by Crippen LogP contribution is -2.35. The highest BCUT2D eigenvalue weighted by atomic mass is 79.9. The second kappa shape index (κ2) is 4.11. The summed E-state index contributed by atoms with van der Waals surface area (Å²) in [6.45, 7) is 0. The van der Waals surface area contributed by atoms with Gasteiger partial charge in [0.25, 0.3) is 0 Å². The first-order valence-corrected chi connectivity index (χ1v) is 5.21. The molecular formula is C7H4BrCl2NO4. The number of hydrogen-bond acceptors (Lipinski definition) is 3. The summed E-state index contributed by atoms with van der Waals surface area (Å²) >= 11 is 14.2. The average molecular weight is 317 g/mol. The number of carbonyl (C=O) groups is 1. The van der Waals surface area contributed by atoms with Crippen LogP contribution in [0.3, 0.4) is 0 Å². The van der Waals surface area contributed by atoms with Gasteiger partial charge >= 0.3 is 11.0 Å². The topological polar surface area (TPSA) is 80.4 Å². The van der Waals surface area contributed by atoms with Crippen LogP contribution in [0.5, 0.6) is 0 Å². The lowest BCUT2D eigenvalue weighted by molar-refractivity contribution is -0.515. The summed E-state index contributed by atoms with van der Waals surface area (Å²) in [7, 11) is 0. The minimum Gasteiger partial charge on any atom is -0.478 e. The predicted molar refractivity (Wildman–Crippen MR) is 57.9 cm³/mol. The lowest BCUT2D eigenvalue weighted by Gasteiger charge is -2.21. The number of nitrogens with zero attached hydrogens (tertiary/aromatic N) is 1. The molecule has 8 heteroatoms. The van der Waals surface area contributed by atoms with Crippen molar-refractivity contribution in [1.82, 2.24) is 0 Å². The molecule has 1 aliphatic rings. The summed E-state index contributed by atoms with van der Waals surface area (Å²) < 4.78 is 0.0201. The van der Waals surface area contributed by atoms with Crippen LogP contribution < -0.4 is 0 Å². The number of carboxylic acid groups (broad SMARTS) is 1. The summed E-state index contributed by atoms with van der Waals surface area (Å²) in [5, 5.41) is 18.5. The van der Waals surface area contributed by atoms with E-state index in [1.165, 1.54) is 6.08 Å². The van der Waals surface area contributed by atoms with Crippen LogP contribution in [0.1, 0.15) is 0 Å². The minimum absolute atomic E-state index is 0.0201. The van der Waals surface area contributed by atoms with Crippen LogP contribution in [0.2, 0.25) is 0 Å². The Hall–Kier alpha value is -0.590. The van der Waals surface area contributed by atoms with Gasteiger partial charge in [-0.05, 0) is 33.6 Å². The lowest BCUT2D eigenvalue weighted by atomic mass is 10.0. The van der Waals surface area contributed by atoms with E-state index in [-0.39, 0.29) is 10.1 Å². The van der Waals surface area contributed by atoms with Crippen molar-refractivity contribution in [2.45, 2.75) is 10.4 Å². The van der Waals surface area contributed by atoms with Crippen molar-refractivity contribution in [2.75, 3.05) is 0 Å². The van der Waals surface area contributed by atoms with Crippen molar-refractivity contribution in [2.24, 2.45) is 0 Å². The maximum atomic E-state index is 10.7. The molecule has 1 aliphatic carbocycles. The molecule has 0 bridgehead atoms. The predicted octanol–water partition coefficient (Wildman–Crippen LogP) is 2.11. The van der Waals surface area contributed by atoms with Crippen LogP contribution in [0.4, 0.5) is 0 Å². The highest BCUT2D eigenvalue weighted by Gasteiger charge is 2.46. The van der Waals surface area contributed by atoms with Gasteiger partial charge in [-0.2, -0.15) is 0 Å². The Morgan fingerprint density at radius 2 is 2.27 bits per heavy atom. The number of allylic oxidation sites excluding steroid dienone is 1. The number of carboxylic acids is 1. The largest absolute Gasteiger partial charge is 0.478 e. The van der Waals surface area contributed by atoms with E-state index in [0.29, 0.717) is 0 Å². The SMILES string of the molecule is O=C(O)C1=CC(Cl)([N+](=O)[O-])C(Br)=CC1Cl. The summed E-state index contributed by atoms with van der Waals surface area (Å²) in [6, 6.07) is 0. The zero-order valence-electron chi connectivity index (χ0n) is 6.99. The number of halogens is 3. The zero-order valence-corrected chi connectivity index (χ0v) is 10.1. The Kier molecular flexibility index (Phi) is 3.42. The van der Waals surface area contributed by atoms with Crippen molar-refractivity contribution < 1.29 is 14.8 Å². The highest BCUT2D eigenvalue weighted by Crippen LogP contribution is 2.39. The van der Waals surface area contributed by atoms with Crippen LogP contribution in [0.25, 0.3) is 0 Å². The molecule has 0 aliphatic heterocycles. The molecule has 2 unspecified atom stereocenters. The van der Waals surface area contributed by atoms with Crippen molar-refractivity contribution in [1.29, 1.82) is 0 Å². The van der Waals surface area contributed by atoms with E-state index in [0.717, 1.165) is 6.08 Å². The van der Waals surface area contributed by atoms with E-state index in [1.807, 2.05) is 0 Å². The van der Waals surface area contributed by atoms with Gasteiger partial charge in [-0.15, -0.1) is 11.6 Å². The van der Waals surface area contributed by atoms with Gasteiger partial charge in [-0.1, -0.05) is 0 Å². The third-order valence-corrected chi connectivity index (χ3v) is 3.69. The molecule has 82 valence electrons. The normalized spacial score (nSPS) is 30.5. The molecule has 1 rings (SSSR count). The molecule has 15 heavy (non-hydrogen) atoms. The zero-order chi connectivity index (χ0) is 11.8. The van der Waals surface area contributed by atoms with Gasteiger partial charge in [-0.25, -0.2) is 4.79 Å². The Labute approximate surface area is 103 Å². The third kappa shape index (κ3) is 2.16. The fourth-order valence-electron chi connectivity index (χ4n) is 1.01. The Morgan fingerprint density at radius 1 is 1.73 bits per heavy atom. The van der Waals surface area contributed by atoms with Crippen molar-refractivity contribution >= 4 is 45.1 Å². The van der Waals surface area contributed by atoms with Crippen LogP contribution >= 0.6 is 39.1 Å². The molecule has 1 N–H and O–H groups in total. The molecule has 5 nitrogen and oxygen atoms in total. The average Bonchev–Trinajstić information content (AvgIpc) is 2.10. The Bertz CT molecular complexity index is 394. The quantitative estimate of drug-likeness (QED) is 0.366. The molecule has 0 heterocycles. The molecule has 2 atom stereocenters. The standard InChI is InChI=1S/C7H4BrCl2NO4/c8-5-1-4(9)3(6(12)13)2-7(5,10)11(14)15/h1-2,4H,(H,12,13). The third-order valence-electron chi connectivity index (χ3n) is 1.78. The molecule has 0 aromatic heterocycles. The Balaban J connectivity index is 3.26. The number of rotatable bonds is 2. The molecule has 0 amide bonds. The molecular weight excluding hydrogens is 313 g/mol. The van der Waals surface area contributed by atoms with E-state index in [1.54, 1.807) is 0 Å². The summed E-state index contributed by atoms with van der Waals surface area (Å²) in [5.41, 5.74) is -0.313. The van der Waals surface area contributed by atoms with Crippen molar-refractivity contribution in [3.05, 3.63) is 32.3 Å². The number of nitro groups is 1. The smallest absolute Gasteiger partial charge is 0.346 e. The van der Waals surface area contributed by atoms with Gasteiger partial charge in [0.15, 0.2) is 0 Å². The molecule has 0 saturated heterocycles. The van der Waals surface area contributed by atoms with Crippen LogP contribution in [0, 0.1) is 10.1 Å². The van der Waals surface area contributed by atoms with Gasteiger partial charge in [0, 0.05) is 6.08 Å². The minimum atomic E-state index is -2.08. The first-order chi connectivity index (χ1) is 6.79. The van der Waals surface area contributed by atoms with Gasteiger partial charge in [-0.3, -0.25) is 10.1 Å². The fourth-order valence-corrected chi connectivity index (χ4v) is 2.15. The maximum Gasteiger partial charge on any atom is 0.346 e. The van der Waals surface area contributed by atoms with Crippen LogP contribution in [-0.4, -0.2) is 26.4 Å². The molecule has 0 spiro atoms. The monoisotopic (exact) mass is 315 g/mol. The molecule has 0 saturated carbocycles. The van der Waals surface area contributed by atoms with E-state index in [9.17, 15) is 14.9 Å². The van der Waals surface area contributed by atoms with Gasteiger partial charge < -0.3 is 5.11 Å². The molecule has 0 aromatic carbocycles. The highest BCUT2D eigenvalue weighted by molar-refractivity contribution is 9.11. The summed E-state index contributed by atoms with van der Waals surface area (Å²) in [6.07, 6.45) is 2.00. The number of hydrogen-bond donors (Lipinski definition) is 1. The van der Waals surface area contributed by atoms with E-state index < -0.39 is 21.3 Å².